The molecule has 1 unspecified atom stereocenters. The zero-order chi connectivity index (χ0) is 19.7. The molecule has 1 saturated heterocycles. The molecule has 1 atom stereocenters. The molecule has 9 heteroatoms. The van der Waals surface area contributed by atoms with Gasteiger partial charge in [-0.25, -0.2) is 21.2 Å². The quantitative estimate of drug-likeness (QED) is 0.769. The molecule has 146 valence electrons. The Morgan fingerprint density at radius 3 is 2.56 bits per heavy atom. The van der Waals surface area contributed by atoms with Crippen LogP contribution in [-0.4, -0.2) is 47.1 Å². The summed E-state index contributed by atoms with van der Waals surface area (Å²) in [5.41, 5.74) is 0.0816. The molecule has 6 nitrogen and oxygen atoms in total. The summed E-state index contributed by atoms with van der Waals surface area (Å²) in [4.78, 5) is 0.0311. The zero-order valence-electron chi connectivity index (χ0n) is 14.7. The van der Waals surface area contributed by atoms with Crippen molar-refractivity contribution in [1.29, 1.82) is 0 Å². The number of nitrogens with zero attached hydrogens (tertiary/aromatic N) is 1. The first kappa shape index (κ1) is 19.8. The van der Waals surface area contributed by atoms with Gasteiger partial charge in [-0.2, -0.15) is 4.31 Å². The van der Waals surface area contributed by atoms with E-state index in [1.165, 1.54) is 37.4 Å². The molecule has 1 heterocycles. The lowest BCUT2D eigenvalue weighted by molar-refractivity contribution is 0.410. The molecule has 0 radical (unpaired) electrons. The van der Waals surface area contributed by atoms with Crippen LogP contribution in [0, 0.1) is 5.82 Å². The summed E-state index contributed by atoms with van der Waals surface area (Å²) in [6.45, 7) is -0.190. The third kappa shape index (κ3) is 3.99. The van der Waals surface area contributed by atoms with Crippen LogP contribution in [0.2, 0.25) is 0 Å². The van der Waals surface area contributed by atoms with Gasteiger partial charge in [-0.1, -0.05) is 24.3 Å². The van der Waals surface area contributed by atoms with E-state index in [-0.39, 0.29) is 35.7 Å². The van der Waals surface area contributed by atoms with Gasteiger partial charge in [0.2, 0.25) is 10.0 Å². The first-order chi connectivity index (χ1) is 12.8. The minimum absolute atomic E-state index is 0.00748. The van der Waals surface area contributed by atoms with E-state index in [0.717, 1.165) is 4.31 Å². The van der Waals surface area contributed by atoms with E-state index in [1.807, 2.05) is 0 Å². The van der Waals surface area contributed by atoms with Crippen LogP contribution >= 0.6 is 0 Å². The monoisotopic (exact) mass is 413 g/mol. The maximum Gasteiger partial charge on any atom is 0.243 e. The lowest BCUT2D eigenvalue weighted by Gasteiger charge is -2.20. The Kier molecular flexibility index (Phi) is 5.55. The van der Waals surface area contributed by atoms with Crippen molar-refractivity contribution in [2.45, 2.75) is 16.6 Å². The lowest BCUT2D eigenvalue weighted by atomic mass is 10.1. The second-order valence-corrected chi connectivity index (χ2v) is 10.5. The Hall–Kier alpha value is -1.97. The van der Waals surface area contributed by atoms with Gasteiger partial charge in [0.05, 0.1) is 23.0 Å². The molecule has 0 N–H and O–H groups in total. The number of methoxy groups -OCH3 is 1. The number of hydrogen-bond donors (Lipinski definition) is 0. The van der Waals surface area contributed by atoms with E-state index in [9.17, 15) is 21.2 Å². The molecule has 0 bridgehead atoms. The SMILES string of the molecule is COc1cccc(S(=O)(=O)N2CCC(c3ccccc3F)S(=O)(=O)CC2)c1. The van der Waals surface area contributed by atoms with E-state index in [1.54, 1.807) is 18.2 Å². The van der Waals surface area contributed by atoms with Crippen molar-refractivity contribution in [1.82, 2.24) is 4.31 Å². The van der Waals surface area contributed by atoms with Gasteiger partial charge < -0.3 is 4.74 Å². The van der Waals surface area contributed by atoms with Gasteiger partial charge in [-0.05, 0) is 24.6 Å². The average Bonchev–Trinajstić information content (AvgIpc) is 2.81. The minimum atomic E-state index is -3.89. The molecule has 0 saturated carbocycles. The molecule has 27 heavy (non-hydrogen) atoms. The third-order valence-electron chi connectivity index (χ3n) is 4.63. The van der Waals surface area contributed by atoms with Crippen LogP contribution in [-0.2, 0) is 19.9 Å². The number of hydrogen-bond acceptors (Lipinski definition) is 5. The van der Waals surface area contributed by atoms with E-state index in [4.69, 9.17) is 4.74 Å². The van der Waals surface area contributed by atoms with E-state index < -0.39 is 30.9 Å². The van der Waals surface area contributed by atoms with E-state index in [0.29, 0.717) is 5.75 Å². The molecule has 2 aromatic carbocycles. The van der Waals surface area contributed by atoms with Gasteiger partial charge in [0.25, 0.3) is 0 Å². The van der Waals surface area contributed by atoms with Crippen LogP contribution in [0.25, 0.3) is 0 Å². The smallest absolute Gasteiger partial charge is 0.243 e. The Balaban J connectivity index is 1.92. The van der Waals surface area contributed by atoms with Crippen molar-refractivity contribution in [2.75, 3.05) is 26.0 Å². The Morgan fingerprint density at radius 1 is 1.11 bits per heavy atom. The molecular weight excluding hydrogens is 393 g/mol. The van der Waals surface area contributed by atoms with Crippen LogP contribution < -0.4 is 4.74 Å². The highest BCUT2D eigenvalue weighted by molar-refractivity contribution is 7.92. The number of halogens is 1. The third-order valence-corrected chi connectivity index (χ3v) is 8.63. The van der Waals surface area contributed by atoms with Crippen LogP contribution in [0.5, 0.6) is 5.75 Å². The van der Waals surface area contributed by atoms with Crippen molar-refractivity contribution in [2.24, 2.45) is 0 Å². The summed E-state index contributed by atoms with van der Waals surface area (Å²) in [7, 11) is -6.15. The molecule has 1 aliphatic heterocycles. The zero-order valence-corrected chi connectivity index (χ0v) is 16.3. The standard InChI is InChI=1S/C18H20FNO5S2/c1-25-14-5-4-6-15(13-14)27(23,24)20-10-9-18(26(21,22)12-11-20)16-7-2-3-8-17(16)19/h2-8,13,18H,9-12H2,1H3. The first-order valence-corrected chi connectivity index (χ1v) is 11.5. The van der Waals surface area contributed by atoms with Gasteiger partial charge in [-0.3, -0.25) is 0 Å². The molecule has 0 aromatic heterocycles. The fourth-order valence-corrected chi connectivity index (χ4v) is 6.57. The van der Waals surface area contributed by atoms with Gasteiger partial charge in [0, 0.05) is 24.7 Å². The van der Waals surface area contributed by atoms with E-state index in [2.05, 4.69) is 0 Å². The van der Waals surface area contributed by atoms with Crippen LogP contribution in [0.15, 0.2) is 53.4 Å². The highest BCUT2D eigenvalue weighted by Crippen LogP contribution is 2.32. The first-order valence-electron chi connectivity index (χ1n) is 8.36. The van der Waals surface area contributed by atoms with E-state index >= 15 is 0 Å². The van der Waals surface area contributed by atoms with Crippen molar-refractivity contribution in [3.8, 4) is 5.75 Å². The molecule has 0 amide bonds. The lowest BCUT2D eigenvalue weighted by Crippen LogP contribution is -2.33. The second kappa shape index (κ2) is 7.57. The molecular formula is C18H20FNO5S2. The maximum absolute atomic E-state index is 14.1. The number of sulfonamides is 1. The number of sulfone groups is 1. The Labute approximate surface area is 158 Å². The second-order valence-electron chi connectivity index (χ2n) is 6.25. The molecule has 1 aliphatic rings. The fourth-order valence-electron chi connectivity index (χ4n) is 3.16. The highest BCUT2D eigenvalue weighted by Gasteiger charge is 2.36. The summed E-state index contributed by atoms with van der Waals surface area (Å²) >= 11 is 0. The molecule has 0 aliphatic carbocycles. The molecule has 3 rings (SSSR count). The van der Waals surface area contributed by atoms with Gasteiger partial charge in [-0.15, -0.1) is 0 Å². The summed E-state index contributed by atoms with van der Waals surface area (Å²) in [5.74, 6) is -0.576. The largest absolute Gasteiger partial charge is 0.497 e. The van der Waals surface area contributed by atoms with Crippen molar-refractivity contribution in [3.05, 3.63) is 59.9 Å². The molecule has 1 fully saturated rings. The minimum Gasteiger partial charge on any atom is -0.497 e. The predicted molar refractivity (Wildman–Crippen MR) is 99.3 cm³/mol. The van der Waals surface area contributed by atoms with Crippen molar-refractivity contribution < 1.29 is 26.0 Å². The van der Waals surface area contributed by atoms with Crippen LogP contribution in [0.4, 0.5) is 4.39 Å². The highest BCUT2D eigenvalue weighted by atomic mass is 32.2. The van der Waals surface area contributed by atoms with Crippen LogP contribution in [0.1, 0.15) is 17.2 Å². The molecule has 2 aromatic rings. The van der Waals surface area contributed by atoms with Gasteiger partial charge >= 0.3 is 0 Å². The fraction of sp³-hybridized carbons (Fsp3) is 0.333. The Bertz CT molecular complexity index is 1040. The average molecular weight is 413 g/mol. The Morgan fingerprint density at radius 2 is 1.85 bits per heavy atom. The van der Waals surface area contributed by atoms with Gasteiger partial charge in [0.15, 0.2) is 9.84 Å². The summed E-state index contributed by atoms with van der Waals surface area (Å²) in [5, 5.41) is -1.07. The molecule has 0 spiro atoms. The van der Waals surface area contributed by atoms with Crippen molar-refractivity contribution in [3.63, 3.8) is 0 Å². The number of ether oxygens (including phenoxy) is 1. The maximum atomic E-state index is 14.1. The predicted octanol–water partition coefficient (Wildman–Crippen LogP) is 2.38. The summed E-state index contributed by atoms with van der Waals surface area (Å²) in [6.07, 6.45) is -0.00748. The summed E-state index contributed by atoms with van der Waals surface area (Å²) < 4.78 is 71.5. The summed E-state index contributed by atoms with van der Waals surface area (Å²) in [6, 6.07) is 11.7. The normalized spacial score (nSPS) is 20.7. The van der Waals surface area contributed by atoms with Crippen LogP contribution in [0.3, 0.4) is 0 Å². The number of rotatable bonds is 4. The topological polar surface area (TPSA) is 80.8 Å². The van der Waals surface area contributed by atoms with Crippen molar-refractivity contribution >= 4 is 19.9 Å². The number of benzene rings is 2. The van der Waals surface area contributed by atoms with Gasteiger partial charge in [0.1, 0.15) is 11.6 Å².